The van der Waals surface area contributed by atoms with Gasteiger partial charge in [0.25, 0.3) is 10.0 Å². The summed E-state index contributed by atoms with van der Waals surface area (Å²) in [4.78, 5) is 2.50. The largest absolute Gasteiger partial charge is 0.496 e. The van der Waals surface area contributed by atoms with Crippen molar-refractivity contribution in [2.75, 3.05) is 32.0 Å². The lowest BCUT2D eigenvalue weighted by Gasteiger charge is -2.19. The van der Waals surface area contributed by atoms with Crippen LogP contribution in [0.1, 0.15) is 17.5 Å². The highest BCUT2D eigenvalue weighted by atomic mass is 35.5. The van der Waals surface area contributed by atoms with E-state index in [0.29, 0.717) is 30.1 Å². The van der Waals surface area contributed by atoms with Gasteiger partial charge in [-0.25, -0.2) is 8.42 Å². The lowest BCUT2D eigenvalue weighted by Crippen LogP contribution is -2.23. The Balaban J connectivity index is 1.62. The topological polar surface area (TPSA) is 67.9 Å². The van der Waals surface area contributed by atoms with E-state index in [1.54, 1.807) is 19.2 Å². The first-order chi connectivity index (χ1) is 16.9. The van der Waals surface area contributed by atoms with Crippen LogP contribution in [0.15, 0.2) is 46.7 Å². The summed E-state index contributed by atoms with van der Waals surface area (Å²) in [6, 6.07) is 9.64. The maximum Gasteiger partial charge on any atom is 0.419 e. The van der Waals surface area contributed by atoms with Gasteiger partial charge in [0, 0.05) is 19.2 Å². The molecule has 0 bridgehead atoms. The van der Waals surface area contributed by atoms with Crippen molar-refractivity contribution < 1.29 is 31.1 Å². The lowest BCUT2D eigenvalue weighted by atomic mass is 10.1. The van der Waals surface area contributed by atoms with Crippen molar-refractivity contribution in [2.45, 2.75) is 29.8 Å². The summed E-state index contributed by atoms with van der Waals surface area (Å²) in [5, 5.41) is 0.242. The Hall–Kier alpha value is -2.47. The van der Waals surface area contributed by atoms with Crippen LogP contribution in [0.5, 0.6) is 11.5 Å². The fraction of sp³-hybridized carbons (Fsp3) is 0.333. The number of likely N-dealkylation sites (N-methyl/N-ethyl adjacent to an activating group) is 1. The number of hydrogen-bond donors (Lipinski definition) is 1. The van der Waals surface area contributed by atoms with E-state index in [0.717, 1.165) is 40.7 Å². The maximum atomic E-state index is 13.6. The van der Waals surface area contributed by atoms with Gasteiger partial charge < -0.3 is 14.4 Å². The zero-order chi connectivity index (χ0) is 26.3. The van der Waals surface area contributed by atoms with Gasteiger partial charge in [-0.3, -0.25) is 4.72 Å². The Labute approximate surface area is 216 Å². The number of halogens is 4. The van der Waals surface area contributed by atoms with Crippen molar-refractivity contribution in [1.82, 2.24) is 4.90 Å². The Bertz CT molecular complexity index is 1380. The summed E-state index contributed by atoms with van der Waals surface area (Å²) < 4.78 is 80.1. The van der Waals surface area contributed by atoms with Crippen molar-refractivity contribution in [3.63, 3.8) is 0 Å². The molecule has 36 heavy (non-hydrogen) atoms. The van der Waals surface area contributed by atoms with Gasteiger partial charge in [0.15, 0.2) is 0 Å². The maximum absolute atomic E-state index is 13.6. The van der Waals surface area contributed by atoms with Crippen LogP contribution in [0.25, 0.3) is 10.4 Å². The molecular formula is C24H24ClF3N2O4S2. The van der Waals surface area contributed by atoms with Crippen molar-refractivity contribution in [1.29, 1.82) is 0 Å². The van der Waals surface area contributed by atoms with Gasteiger partial charge in [0.05, 0.1) is 28.3 Å². The normalized spacial score (nSPS) is 16.8. The molecule has 12 heteroatoms. The predicted molar refractivity (Wildman–Crippen MR) is 135 cm³/mol. The van der Waals surface area contributed by atoms with E-state index in [2.05, 4.69) is 4.72 Å². The van der Waals surface area contributed by atoms with E-state index in [-0.39, 0.29) is 14.9 Å². The number of sulfonamides is 1. The van der Waals surface area contributed by atoms with Gasteiger partial charge >= 0.3 is 6.18 Å². The third-order valence-corrected chi connectivity index (χ3v) is 9.22. The average Bonchev–Trinajstić information content (AvgIpc) is 3.38. The quantitative estimate of drug-likeness (QED) is 0.368. The first kappa shape index (κ1) is 26.6. The second-order valence-corrected chi connectivity index (χ2v) is 11.9. The van der Waals surface area contributed by atoms with Crippen LogP contribution in [0.4, 0.5) is 18.9 Å². The highest BCUT2D eigenvalue weighted by Gasteiger charge is 2.36. The number of thiophene rings is 1. The minimum absolute atomic E-state index is 0.0456. The van der Waals surface area contributed by atoms with E-state index < -0.39 is 33.6 Å². The van der Waals surface area contributed by atoms with E-state index in [9.17, 15) is 21.6 Å². The lowest BCUT2D eigenvalue weighted by molar-refractivity contribution is -0.139. The number of likely N-dealkylation sites (tertiary alicyclic amines) is 1. The van der Waals surface area contributed by atoms with E-state index in [1.165, 1.54) is 6.07 Å². The second-order valence-electron chi connectivity index (χ2n) is 8.53. The van der Waals surface area contributed by atoms with Crippen molar-refractivity contribution in [3.8, 4) is 21.9 Å². The molecule has 4 rings (SSSR count). The molecule has 1 aliphatic heterocycles. The summed E-state index contributed by atoms with van der Waals surface area (Å²) in [5.41, 5.74) is 0.566. The number of rotatable bonds is 7. The molecule has 1 aromatic heterocycles. The van der Waals surface area contributed by atoms with Gasteiger partial charge in [-0.1, -0.05) is 11.6 Å². The molecule has 1 saturated heterocycles. The number of ether oxygens (including phenoxy) is 2. The van der Waals surface area contributed by atoms with E-state index in [1.807, 2.05) is 24.9 Å². The molecule has 1 aliphatic rings. The number of nitrogens with zero attached hydrogens (tertiary/aromatic N) is 1. The summed E-state index contributed by atoms with van der Waals surface area (Å²) in [6.07, 6.45) is -4.50. The van der Waals surface area contributed by atoms with Gasteiger partial charge in [0.2, 0.25) is 0 Å². The first-order valence-corrected chi connectivity index (χ1v) is 13.6. The summed E-state index contributed by atoms with van der Waals surface area (Å²) >= 11 is 7.31. The molecule has 1 N–H and O–H groups in total. The number of hydrogen-bond acceptors (Lipinski definition) is 6. The van der Waals surface area contributed by atoms with Gasteiger partial charge in [-0.05, 0) is 67.9 Å². The number of nitrogens with one attached hydrogen (secondary N) is 1. The van der Waals surface area contributed by atoms with Crippen LogP contribution in [-0.2, 0) is 16.2 Å². The molecule has 6 nitrogen and oxygen atoms in total. The summed E-state index contributed by atoms with van der Waals surface area (Å²) in [5.74, 6) is 0.270. The molecule has 0 amide bonds. The molecule has 1 atom stereocenters. The van der Waals surface area contributed by atoms with Crippen LogP contribution in [-0.4, -0.2) is 46.7 Å². The molecule has 3 aromatic rings. The molecule has 0 unspecified atom stereocenters. The Kier molecular flexibility index (Phi) is 7.47. The Morgan fingerprint density at radius 1 is 1.14 bits per heavy atom. The molecule has 2 heterocycles. The third-order valence-electron chi connectivity index (χ3n) is 5.77. The molecule has 0 aliphatic carbocycles. The monoisotopic (exact) mass is 560 g/mol. The minimum atomic E-state index is -4.65. The molecule has 0 saturated carbocycles. The molecule has 0 radical (unpaired) electrons. The Morgan fingerprint density at radius 3 is 2.50 bits per heavy atom. The van der Waals surface area contributed by atoms with Crippen LogP contribution >= 0.6 is 22.9 Å². The summed E-state index contributed by atoms with van der Waals surface area (Å²) in [6.45, 7) is 3.04. The van der Waals surface area contributed by atoms with Crippen LogP contribution < -0.4 is 14.2 Å². The van der Waals surface area contributed by atoms with Crippen molar-refractivity contribution in [2.24, 2.45) is 0 Å². The molecular weight excluding hydrogens is 537 g/mol. The van der Waals surface area contributed by atoms with E-state index in [4.69, 9.17) is 21.1 Å². The van der Waals surface area contributed by atoms with E-state index >= 15 is 0 Å². The molecule has 194 valence electrons. The molecule has 2 aromatic carbocycles. The van der Waals surface area contributed by atoms with Crippen molar-refractivity contribution >= 4 is 38.6 Å². The van der Waals surface area contributed by atoms with Gasteiger partial charge in [-0.2, -0.15) is 13.2 Å². The van der Waals surface area contributed by atoms with Crippen LogP contribution in [0.2, 0.25) is 5.02 Å². The average molecular weight is 561 g/mol. The molecule has 0 spiro atoms. The van der Waals surface area contributed by atoms with Gasteiger partial charge in [0.1, 0.15) is 21.8 Å². The zero-order valence-electron chi connectivity index (χ0n) is 19.6. The highest BCUT2D eigenvalue weighted by Crippen LogP contribution is 2.42. The molecule has 1 fully saturated rings. The SMILES string of the molecule is COc1ccc(-c2sc(S(=O)(=O)Nc3ccc(C(F)(F)F)c(O[C@@H]4CCN(C)C4)c3)cc2Cl)cc1C. The predicted octanol–water partition coefficient (Wildman–Crippen LogP) is 6.29. The highest BCUT2D eigenvalue weighted by molar-refractivity contribution is 7.94. The standard InChI is InChI=1S/C24H24ClF3N2O4S2/c1-14-10-15(4-7-20(14)33-3)23-19(25)12-22(35-23)36(31,32)29-16-5-6-18(24(26,27)28)21(11-16)34-17-8-9-30(2)13-17/h4-7,10-12,17,29H,8-9,13H2,1-3H3/t17-/m1/s1. The fourth-order valence-corrected chi connectivity index (χ4v) is 6.86. The number of aryl methyl sites for hydroxylation is 1. The number of alkyl halides is 3. The number of methoxy groups -OCH3 is 1. The minimum Gasteiger partial charge on any atom is -0.496 e. The number of anilines is 1. The third kappa shape index (κ3) is 5.74. The second kappa shape index (κ2) is 10.1. The van der Waals surface area contributed by atoms with Crippen LogP contribution in [0.3, 0.4) is 0 Å². The van der Waals surface area contributed by atoms with Gasteiger partial charge in [-0.15, -0.1) is 11.3 Å². The first-order valence-electron chi connectivity index (χ1n) is 10.9. The Morgan fingerprint density at radius 2 is 1.89 bits per heavy atom. The fourth-order valence-electron chi connectivity index (χ4n) is 3.99. The van der Waals surface area contributed by atoms with Crippen molar-refractivity contribution in [3.05, 3.63) is 58.6 Å². The number of benzene rings is 2. The zero-order valence-corrected chi connectivity index (χ0v) is 22.0. The smallest absolute Gasteiger partial charge is 0.419 e. The summed E-state index contributed by atoms with van der Waals surface area (Å²) in [7, 11) is -0.723. The van der Waals surface area contributed by atoms with Crippen LogP contribution in [0, 0.1) is 6.92 Å².